The smallest absolute Gasteiger partial charge is 0.192 e. The number of carbonyl (C=O) groups excluding carboxylic acids is 1. The molecule has 0 atom stereocenters. The van der Waals surface area contributed by atoms with E-state index in [1.165, 1.54) is 6.07 Å². The van der Waals surface area contributed by atoms with E-state index in [1.807, 2.05) is 26.0 Å². The predicted octanol–water partition coefficient (Wildman–Crippen LogP) is 2.92. The highest BCUT2D eigenvalue weighted by Gasteiger charge is 2.07. The number of hydrogen-bond acceptors (Lipinski definition) is 2. The fraction of sp³-hybridized carbons (Fsp3) is 0.143. The molecule has 0 amide bonds. The maximum absolute atomic E-state index is 11.5. The molecule has 0 N–H and O–H groups in total. The largest absolute Gasteiger partial charge is 0.320 e. The number of aldehydes is 1. The number of pyridine rings is 1. The number of hydrogen-bond donors (Lipinski definition) is 0. The summed E-state index contributed by atoms with van der Waals surface area (Å²) in [5.41, 5.74) is 2.51. The molecule has 2 aromatic rings. The SMILES string of the molecule is Cc1ccc(Cl)cc1-n1cc(C=O)c(=O)cc1C. The number of carbonyl (C=O) groups is 1. The molecule has 0 aliphatic heterocycles. The summed E-state index contributed by atoms with van der Waals surface area (Å²) < 4.78 is 1.80. The molecule has 0 aliphatic carbocycles. The van der Waals surface area contributed by atoms with Crippen molar-refractivity contribution in [2.24, 2.45) is 0 Å². The van der Waals surface area contributed by atoms with E-state index in [-0.39, 0.29) is 11.0 Å². The van der Waals surface area contributed by atoms with Crippen molar-refractivity contribution in [1.82, 2.24) is 4.57 Å². The molecule has 0 radical (unpaired) electrons. The summed E-state index contributed by atoms with van der Waals surface area (Å²) in [7, 11) is 0. The minimum atomic E-state index is -0.265. The Labute approximate surface area is 110 Å². The van der Waals surface area contributed by atoms with E-state index in [9.17, 15) is 9.59 Å². The van der Waals surface area contributed by atoms with Gasteiger partial charge in [0.2, 0.25) is 0 Å². The number of halogens is 1. The van der Waals surface area contributed by atoms with Gasteiger partial charge < -0.3 is 4.57 Å². The third-order valence-electron chi connectivity index (χ3n) is 2.83. The lowest BCUT2D eigenvalue weighted by atomic mass is 10.1. The first-order valence-corrected chi connectivity index (χ1v) is 5.85. The topological polar surface area (TPSA) is 39.1 Å². The molecule has 1 aromatic heterocycles. The van der Waals surface area contributed by atoms with Gasteiger partial charge in [-0.2, -0.15) is 0 Å². The first-order chi connectivity index (χ1) is 8.52. The van der Waals surface area contributed by atoms with E-state index in [1.54, 1.807) is 16.8 Å². The van der Waals surface area contributed by atoms with Gasteiger partial charge in [-0.25, -0.2) is 0 Å². The second kappa shape index (κ2) is 4.78. The average molecular weight is 262 g/mol. The van der Waals surface area contributed by atoms with Crippen LogP contribution in [0.1, 0.15) is 21.6 Å². The summed E-state index contributed by atoms with van der Waals surface area (Å²) in [6.07, 6.45) is 2.11. The molecular weight excluding hydrogens is 250 g/mol. The van der Waals surface area contributed by atoms with Gasteiger partial charge in [-0.3, -0.25) is 9.59 Å². The highest BCUT2D eigenvalue weighted by molar-refractivity contribution is 6.30. The van der Waals surface area contributed by atoms with Crippen LogP contribution in [0.3, 0.4) is 0 Å². The van der Waals surface area contributed by atoms with Gasteiger partial charge in [0.15, 0.2) is 11.7 Å². The quantitative estimate of drug-likeness (QED) is 0.780. The van der Waals surface area contributed by atoms with E-state index in [0.29, 0.717) is 11.3 Å². The third-order valence-corrected chi connectivity index (χ3v) is 3.07. The van der Waals surface area contributed by atoms with Gasteiger partial charge in [0.1, 0.15) is 0 Å². The molecule has 92 valence electrons. The van der Waals surface area contributed by atoms with Gasteiger partial charge in [-0.1, -0.05) is 17.7 Å². The number of nitrogens with zero attached hydrogens (tertiary/aromatic N) is 1. The zero-order valence-corrected chi connectivity index (χ0v) is 10.9. The molecular formula is C14H12ClNO2. The second-order valence-electron chi connectivity index (χ2n) is 4.15. The number of benzene rings is 1. The third kappa shape index (κ3) is 2.22. The van der Waals surface area contributed by atoms with Crippen LogP contribution in [0.2, 0.25) is 5.02 Å². The summed E-state index contributed by atoms with van der Waals surface area (Å²) in [4.78, 5) is 22.4. The predicted molar refractivity (Wildman–Crippen MR) is 71.9 cm³/mol. The Balaban J connectivity index is 2.74. The van der Waals surface area contributed by atoms with Crippen LogP contribution in [-0.4, -0.2) is 10.9 Å². The van der Waals surface area contributed by atoms with Crippen molar-refractivity contribution in [1.29, 1.82) is 0 Å². The molecule has 18 heavy (non-hydrogen) atoms. The normalized spacial score (nSPS) is 10.4. The molecule has 2 rings (SSSR count). The van der Waals surface area contributed by atoms with Crippen molar-refractivity contribution in [2.45, 2.75) is 13.8 Å². The van der Waals surface area contributed by atoms with E-state index < -0.39 is 0 Å². The second-order valence-corrected chi connectivity index (χ2v) is 4.59. The minimum Gasteiger partial charge on any atom is -0.320 e. The van der Waals surface area contributed by atoms with Crippen LogP contribution in [0.15, 0.2) is 35.3 Å². The van der Waals surface area contributed by atoms with E-state index in [0.717, 1.165) is 16.9 Å². The van der Waals surface area contributed by atoms with Crippen LogP contribution in [0.25, 0.3) is 5.69 Å². The van der Waals surface area contributed by atoms with Gasteiger partial charge in [-0.15, -0.1) is 0 Å². The molecule has 0 saturated heterocycles. The maximum Gasteiger partial charge on any atom is 0.192 e. The zero-order chi connectivity index (χ0) is 13.3. The molecule has 1 heterocycles. The van der Waals surface area contributed by atoms with Crippen LogP contribution < -0.4 is 5.43 Å². The highest BCUT2D eigenvalue weighted by Crippen LogP contribution is 2.20. The monoisotopic (exact) mass is 261 g/mol. The molecule has 0 spiro atoms. The number of aromatic nitrogens is 1. The van der Waals surface area contributed by atoms with Gasteiger partial charge in [-0.05, 0) is 31.5 Å². The average Bonchev–Trinajstić information content (AvgIpc) is 2.33. The minimum absolute atomic E-state index is 0.139. The summed E-state index contributed by atoms with van der Waals surface area (Å²) in [6.45, 7) is 3.76. The van der Waals surface area contributed by atoms with Gasteiger partial charge >= 0.3 is 0 Å². The van der Waals surface area contributed by atoms with Gasteiger partial charge in [0, 0.05) is 28.7 Å². The van der Waals surface area contributed by atoms with Crippen molar-refractivity contribution >= 4 is 17.9 Å². The Hall–Kier alpha value is -1.87. The van der Waals surface area contributed by atoms with Gasteiger partial charge in [0.05, 0.1) is 5.56 Å². The number of aryl methyl sites for hydroxylation is 2. The molecule has 0 unspecified atom stereocenters. The Bertz CT molecular complexity index is 674. The summed E-state index contributed by atoms with van der Waals surface area (Å²) in [5, 5.41) is 0.612. The van der Waals surface area contributed by atoms with Crippen molar-refractivity contribution in [3.05, 3.63) is 62.5 Å². The standard InChI is InChI=1S/C14H12ClNO2/c1-9-3-4-12(15)6-13(9)16-7-11(8-17)14(18)5-10(16)2/h3-8H,1-2H3. The van der Waals surface area contributed by atoms with Crippen LogP contribution >= 0.6 is 11.6 Å². The van der Waals surface area contributed by atoms with Crippen LogP contribution in [0.5, 0.6) is 0 Å². The van der Waals surface area contributed by atoms with Crippen molar-refractivity contribution < 1.29 is 4.79 Å². The maximum atomic E-state index is 11.5. The van der Waals surface area contributed by atoms with Gasteiger partial charge in [0.25, 0.3) is 0 Å². The van der Waals surface area contributed by atoms with E-state index >= 15 is 0 Å². The lowest BCUT2D eigenvalue weighted by Gasteiger charge is -2.14. The molecule has 1 aromatic carbocycles. The Kier molecular flexibility index (Phi) is 3.34. The molecule has 0 fully saturated rings. The van der Waals surface area contributed by atoms with Crippen LogP contribution in [-0.2, 0) is 0 Å². The van der Waals surface area contributed by atoms with Crippen molar-refractivity contribution in [3.63, 3.8) is 0 Å². The fourth-order valence-corrected chi connectivity index (χ4v) is 2.00. The summed E-state index contributed by atoms with van der Waals surface area (Å²) in [6, 6.07) is 6.96. The number of rotatable bonds is 2. The molecule has 0 saturated carbocycles. The van der Waals surface area contributed by atoms with Crippen LogP contribution in [0, 0.1) is 13.8 Å². The molecule has 4 heteroatoms. The summed E-state index contributed by atoms with van der Waals surface area (Å²) >= 11 is 5.98. The highest BCUT2D eigenvalue weighted by atomic mass is 35.5. The Morgan fingerprint density at radius 3 is 2.61 bits per heavy atom. The zero-order valence-electron chi connectivity index (χ0n) is 10.1. The Morgan fingerprint density at radius 1 is 1.22 bits per heavy atom. The lowest BCUT2D eigenvalue weighted by Crippen LogP contribution is -2.14. The molecule has 3 nitrogen and oxygen atoms in total. The van der Waals surface area contributed by atoms with Crippen LogP contribution in [0.4, 0.5) is 0 Å². The van der Waals surface area contributed by atoms with E-state index in [4.69, 9.17) is 11.6 Å². The molecule has 0 aliphatic rings. The Morgan fingerprint density at radius 2 is 1.94 bits per heavy atom. The first-order valence-electron chi connectivity index (χ1n) is 5.48. The van der Waals surface area contributed by atoms with E-state index in [2.05, 4.69) is 0 Å². The van der Waals surface area contributed by atoms with Crippen molar-refractivity contribution in [3.8, 4) is 5.69 Å². The first kappa shape index (κ1) is 12.6. The lowest BCUT2D eigenvalue weighted by molar-refractivity contribution is 0.112. The molecule has 0 bridgehead atoms. The fourth-order valence-electron chi connectivity index (χ4n) is 1.84. The van der Waals surface area contributed by atoms with Crippen molar-refractivity contribution in [2.75, 3.05) is 0 Å². The summed E-state index contributed by atoms with van der Waals surface area (Å²) in [5.74, 6) is 0.